The molecule has 3 atom stereocenters. The van der Waals surface area contributed by atoms with E-state index < -0.39 is 0 Å². The van der Waals surface area contributed by atoms with E-state index in [0.29, 0.717) is 5.92 Å². The summed E-state index contributed by atoms with van der Waals surface area (Å²) >= 11 is 0. The molecule has 0 bridgehead atoms. The zero-order valence-corrected chi connectivity index (χ0v) is 12.3. The molecule has 3 unspecified atom stereocenters. The fourth-order valence-electron chi connectivity index (χ4n) is 3.51. The number of hydrogen-bond donors (Lipinski definition) is 1. The minimum Gasteiger partial charge on any atom is -0.496 e. The standard InChI is InChI=1S/C17H27NO/c1-3-13-8-9-15(12-18)16(10-13)11-14-6-4-5-7-17(14)19-2/h4-7,13,15-16H,3,8-12,18H2,1-2H3. The van der Waals surface area contributed by atoms with Gasteiger partial charge in [0.2, 0.25) is 0 Å². The van der Waals surface area contributed by atoms with Gasteiger partial charge in [0.25, 0.3) is 0 Å². The molecule has 1 saturated carbocycles. The number of rotatable bonds is 5. The molecule has 2 N–H and O–H groups in total. The Morgan fingerprint density at radius 2 is 2.00 bits per heavy atom. The molecule has 0 heterocycles. The molecule has 2 rings (SSSR count). The molecule has 0 spiro atoms. The summed E-state index contributed by atoms with van der Waals surface area (Å²) in [6.45, 7) is 3.14. The smallest absolute Gasteiger partial charge is 0.122 e. The van der Waals surface area contributed by atoms with Crippen LogP contribution in [0.15, 0.2) is 24.3 Å². The highest BCUT2D eigenvalue weighted by Gasteiger charge is 2.29. The monoisotopic (exact) mass is 261 g/mol. The van der Waals surface area contributed by atoms with Crippen LogP contribution in [0.25, 0.3) is 0 Å². The van der Waals surface area contributed by atoms with Crippen LogP contribution in [0, 0.1) is 17.8 Å². The summed E-state index contributed by atoms with van der Waals surface area (Å²) < 4.78 is 5.48. The van der Waals surface area contributed by atoms with Crippen LogP contribution in [0.3, 0.4) is 0 Å². The van der Waals surface area contributed by atoms with Gasteiger partial charge in [0, 0.05) is 0 Å². The van der Waals surface area contributed by atoms with Gasteiger partial charge in [-0.2, -0.15) is 0 Å². The first-order valence-corrected chi connectivity index (χ1v) is 7.60. The van der Waals surface area contributed by atoms with Gasteiger partial charge in [0.15, 0.2) is 0 Å². The molecule has 1 fully saturated rings. The largest absolute Gasteiger partial charge is 0.496 e. The maximum absolute atomic E-state index is 5.97. The molecule has 1 aliphatic carbocycles. The first kappa shape index (κ1) is 14.4. The average molecular weight is 261 g/mol. The predicted octanol–water partition coefficient (Wildman–Crippen LogP) is 3.64. The van der Waals surface area contributed by atoms with Gasteiger partial charge in [-0.1, -0.05) is 38.0 Å². The van der Waals surface area contributed by atoms with Gasteiger partial charge < -0.3 is 10.5 Å². The molecule has 0 amide bonds. The molecule has 0 aliphatic heterocycles. The van der Waals surface area contributed by atoms with Crippen molar-refractivity contribution in [1.29, 1.82) is 0 Å². The fourth-order valence-corrected chi connectivity index (χ4v) is 3.51. The normalized spacial score (nSPS) is 27.2. The van der Waals surface area contributed by atoms with E-state index in [1.165, 1.54) is 31.2 Å². The first-order valence-electron chi connectivity index (χ1n) is 7.60. The molecular formula is C17H27NO. The second kappa shape index (κ2) is 6.95. The van der Waals surface area contributed by atoms with Crippen molar-refractivity contribution in [2.24, 2.45) is 23.5 Å². The van der Waals surface area contributed by atoms with E-state index in [4.69, 9.17) is 10.5 Å². The number of hydrogen-bond acceptors (Lipinski definition) is 2. The Kier molecular flexibility index (Phi) is 5.26. The van der Waals surface area contributed by atoms with Crippen molar-refractivity contribution in [2.45, 2.75) is 39.0 Å². The third-order valence-electron chi connectivity index (χ3n) is 4.80. The topological polar surface area (TPSA) is 35.2 Å². The van der Waals surface area contributed by atoms with Crippen LogP contribution < -0.4 is 10.5 Å². The van der Waals surface area contributed by atoms with Gasteiger partial charge in [-0.05, 0) is 55.2 Å². The van der Waals surface area contributed by atoms with Gasteiger partial charge >= 0.3 is 0 Å². The summed E-state index contributed by atoms with van der Waals surface area (Å²) in [6, 6.07) is 8.41. The number of benzene rings is 1. The third kappa shape index (κ3) is 3.50. The van der Waals surface area contributed by atoms with E-state index in [0.717, 1.165) is 30.6 Å². The molecule has 2 heteroatoms. The molecule has 1 aromatic rings. The van der Waals surface area contributed by atoms with Gasteiger partial charge in [-0.3, -0.25) is 0 Å². The van der Waals surface area contributed by atoms with Crippen molar-refractivity contribution >= 4 is 0 Å². The van der Waals surface area contributed by atoms with Gasteiger partial charge in [0.05, 0.1) is 7.11 Å². The molecule has 106 valence electrons. The quantitative estimate of drug-likeness (QED) is 0.878. The second-order valence-corrected chi connectivity index (χ2v) is 5.86. The lowest BCUT2D eigenvalue weighted by molar-refractivity contribution is 0.179. The lowest BCUT2D eigenvalue weighted by Crippen LogP contribution is -2.31. The van der Waals surface area contributed by atoms with Gasteiger partial charge in [-0.25, -0.2) is 0 Å². The number of para-hydroxylation sites is 1. The van der Waals surface area contributed by atoms with Crippen LogP contribution in [0.4, 0.5) is 0 Å². The molecule has 0 saturated heterocycles. The summed E-state index contributed by atoms with van der Waals surface area (Å²) in [5.74, 6) is 3.33. The maximum atomic E-state index is 5.97. The summed E-state index contributed by atoms with van der Waals surface area (Å²) in [7, 11) is 1.76. The molecule has 0 aromatic heterocycles. The Hall–Kier alpha value is -1.02. The number of nitrogens with two attached hydrogens (primary N) is 1. The predicted molar refractivity (Wildman–Crippen MR) is 80.4 cm³/mol. The molecule has 19 heavy (non-hydrogen) atoms. The summed E-state index contributed by atoms with van der Waals surface area (Å²) in [5.41, 5.74) is 7.31. The SMILES string of the molecule is CCC1CCC(CN)C(Cc2ccccc2OC)C1. The fraction of sp³-hybridized carbons (Fsp3) is 0.647. The van der Waals surface area contributed by atoms with Crippen LogP contribution in [-0.4, -0.2) is 13.7 Å². The first-order chi connectivity index (χ1) is 9.28. The lowest BCUT2D eigenvalue weighted by Gasteiger charge is -2.35. The minimum absolute atomic E-state index is 0.688. The minimum atomic E-state index is 0.688. The van der Waals surface area contributed by atoms with Crippen LogP contribution in [0.1, 0.15) is 38.2 Å². The summed E-state index contributed by atoms with van der Waals surface area (Å²) in [4.78, 5) is 0. The van der Waals surface area contributed by atoms with Crippen LogP contribution in [-0.2, 0) is 6.42 Å². The molecular weight excluding hydrogens is 234 g/mol. The molecule has 0 radical (unpaired) electrons. The van der Waals surface area contributed by atoms with E-state index in [1.54, 1.807) is 7.11 Å². The van der Waals surface area contributed by atoms with Crippen molar-refractivity contribution in [3.05, 3.63) is 29.8 Å². The molecule has 1 aliphatic rings. The highest BCUT2D eigenvalue weighted by Crippen LogP contribution is 2.38. The van der Waals surface area contributed by atoms with Crippen LogP contribution in [0.2, 0.25) is 0 Å². The second-order valence-electron chi connectivity index (χ2n) is 5.86. The van der Waals surface area contributed by atoms with Crippen molar-refractivity contribution in [3.63, 3.8) is 0 Å². The highest BCUT2D eigenvalue weighted by molar-refractivity contribution is 5.33. The number of methoxy groups -OCH3 is 1. The third-order valence-corrected chi connectivity index (χ3v) is 4.80. The van der Waals surface area contributed by atoms with Crippen LogP contribution >= 0.6 is 0 Å². The Bertz CT molecular complexity index is 391. The number of ether oxygens (including phenoxy) is 1. The zero-order valence-electron chi connectivity index (χ0n) is 12.3. The van der Waals surface area contributed by atoms with Crippen molar-refractivity contribution in [3.8, 4) is 5.75 Å². The van der Waals surface area contributed by atoms with Crippen molar-refractivity contribution in [1.82, 2.24) is 0 Å². The Morgan fingerprint density at radius 1 is 1.21 bits per heavy atom. The Morgan fingerprint density at radius 3 is 2.68 bits per heavy atom. The van der Waals surface area contributed by atoms with E-state index in [1.807, 2.05) is 6.07 Å². The van der Waals surface area contributed by atoms with E-state index in [2.05, 4.69) is 25.1 Å². The van der Waals surface area contributed by atoms with E-state index in [9.17, 15) is 0 Å². The van der Waals surface area contributed by atoms with E-state index in [-0.39, 0.29) is 0 Å². The molecule has 1 aromatic carbocycles. The summed E-state index contributed by atoms with van der Waals surface area (Å²) in [6.07, 6.45) is 6.41. The Labute approximate surface area is 117 Å². The van der Waals surface area contributed by atoms with Gasteiger partial charge in [-0.15, -0.1) is 0 Å². The summed E-state index contributed by atoms with van der Waals surface area (Å²) in [5, 5.41) is 0. The average Bonchev–Trinajstić information content (AvgIpc) is 2.47. The van der Waals surface area contributed by atoms with Gasteiger partial charge in [0.1, 0.15) is 5.75 Å². The van der Waals surface area contributed by atoms with Crippen molar-refractivity contribution in [2.75, 3.05) is 13.7 Å². The zero-order chi connectivity index (χ0) is 13.7. The van der Waals surface area contributed by atoms with E-state index >= 15 is 0 Å². The molecule has 2 nitrogen and oxygen atoms in total. The van der Waals surface area contributed by atoms with Crippen LogP contribution in [0.5, 0.6) is 5.75 Å². The Balaban J connectivity index is 2.09. The maximum Gasteiger partial charge on any atom is 0.122 e. The highest BCUT2D eigenvalue weighted by atomic mass is 16.5. The lowest BCUT2D eigenvalue weighted by atomic mass is 9.71. The van der Waals surface area contributed by atoms with Crippen molar-refractivity contribution < 1.29 is 4.74 Å².